The Balaban J connectivity index is 2.33. The van der Waals surface area contributed by atoms with Gasteiger partial charge in [0.1, 0.15) is 5.15 Å². The highest BCUT2D eigenvalue weighted by Gasteiger charge is 2.37. The van der Waals surface area contributed by atoms with Gasteiger partial charge in [0, 0.05) is 5.54 Å². The van der Waals surface area contributed by atoms with E-state index in [9.17, 15) is 9.59 Å². The number of hydrogen-bond donors (Lipinski definition) is 1. The fourth-order valence-electron chi connectivity index (χ4n) is 3.00. The quantitative estimate of drug-likeness (QED) is 0.867. The largest absolute Gasteiger partial charge is 0.330 e. The van der Waals surface area contributed by atoms with Crippen LogP contribution < -0.4 is 11.2 Å². The SMILES string of the molecule is Cc1ccccc1-c1c(Cl)[nH]c(=O)n(C2(C)CCC2)c1=O. The number of nitrogens with one attached hydrogen (secondary N) is 1. The minimum Gasteiger partial charge on any atom is -0.297 e. The molecular formula is C16H17ClN2O2. The number of aryl methyl sites for hydroxylation is 1. The van der Waals surface area contributed by atoms with Crippen molar-refractivity contribution in [1.82, 2.24) is 9.55 Å². The molecule has 2 aromatic rings. The predicted octanol–water partition coefficient (Wildman–Crippen LogP) is 3.06. The van der Waals surface area contributed by atoms with Crippen LogP contribution in [0.3, 0.4) is 0 Å². The van der Waals surface area contributed by atoms with Crippen LogP contribution in [0.15, 0.2) is 33.9 Å². The summed E-state index contributed by atoms with van der Waals surface area (Å²) in [5.41, 5.74) is 0.966. The molecule has 3 rings (SSSR count). The topological polar surface area (TPSA) is 54.9 Å². The molecule has 0 radical (unpaired) electrons. The number of halogens is 1. The van der Waals surface area contributed by atoms with Gasteiger partial charge < -0.3 is 0 Å². The maximum absolute atomic E-state index is 12.9. The molecule has 1 aliphatic carbocycles. The molecule has 1 saturated carbocycles. The first-order chi connectivity index (χ1) is 9.94. The number of aromatic amines is 1. The van der Waals surface area contributed by atoms with Crippen LogP contribution in [0.4, 0.5) is 0 Å². The van der Waals surface area contributed by atoms with Crippen molar-refractivity contribution in [2.45, 2.75) is 38.6 Å². The summed E-state index contributed by atoms with van der Waals surface area (Å²) < 4.78 is 1.34. The monoisotopic (exact) mass is 304 g/mol. The summed E-state index contributed by atoms with van der Waals surface area (Å²) in [5, 5.41) is 0.110. The van der Waals surface area contributed by atoms with E-state index in [4.69, 9.17) is 11.6 Å². The highest BCUT2D eigenvalue weighted by Crippen LogP contribution is 2.37. The fourth-order valence-corrected chi connectivity index (χ4v) is 3.26. The molecule has 5 heteroatoms. The molecular weight excluding hydrogens is 288 g/mol. The van der Waals surface area contributed by atoms with Crippen molar-refractivity contribution in [3.8, 4) is 11.1 Å². The van der Waals surface area contributed by atoms with E-state index < -0.39 is 11.2 Å². The average Bonchev–Trinajstić information content (AvgIpc) is 2.38. The number of aromatic nitrogens is 2. The van der Waals surface area contributed by atoms with Gasteiger partial charge in [-0.25, -0.2) is 4.79 Å². The molecule has 1 aromatic heterocycles. The van der Waals surface area contributed by atoms with Crippen LogP contribution in [0.2, 0.25) is 5.15 Å². The number of nitrogens with zero attached hydrogens (tertiary/aromatic N) is 1. The van der Waals surface area contributed by atoms with Crippen molar-refractivity contribution in [2.24, 2.45) is 0 Å². The lowest BCUT2D eigenvalue weighted by atomic mass is 9.78. The van der Waals surface area contributed by atoms with E-state index >= 15 is 0 Å². The van der Waals surface area contributed by atoms with Crippen molar-refractivity contribution < 1.29 is 0 Å². The van der Waals surface area contributed by atoms with Gasteiger partial charge in [-0.05, 0) is 44.2 Å². The van der Waals surface area contributed by atoms with Crippen LogP contribution in [0, 0.1) is 6.92 Å². The maximum Gasteiger partial charge on any atom is 0.330 e. The van der Waals surface area contributed by atoms with E-state index in [2.05, 4.69) is 4.98 Å². The Bertz CT molecular complexity index is 816. The first-order valence-corrected chi connectivity index (χ1v) is 7.43. The zero-order valence-corrected chi connectivity index (χ0v) is 12.8. The Morgan fingerprint density at radius 1 is 1.24 bits per heavy atom. The first-order valence-electron chi connectivity index (χ1n) is 7.05. The standard InChI is InChI=1S/C16H17ClN2O2/c1-10-6-3-4-7-11(10)12-13(17)18-15(21)19(14(12)20)16(2)8-5-9-16/h3-4,6-7H,5,8-9H2,1-2H3,(H,18,21). The van der Waals surface area contributed by atoms with Crippen molar-refractivity contribution in [3.63, 3.8) is 0 Å². The third kappa shape index (κ3) is 2.14. The molecule has 1 aliphatic rings. The normalized spacial score (nSPS) is 16.5. The van der Waals surface area contributed by atoms with Gasteiger partial charge in [-0.15, -0.1) is 0 Å². The Hall–Kier alpha value is -1.81. The third-order valence-corrected chi connectivity index (χ3v) is 4.72. The lowest BCUT2D eigenvalue weighted by Crippen LogP contribution is -2.51. The average molecular weight is 305 g/mol. The second-order valence-electron chi connectivity index (χ2n) is 5.93. The Labute approximate surface area is 127 Å². The molecule has 0 atom stereocenters. The highest BCUT2D eigenvalue weighted by molar-refractivity contribution is 6.32. The summed E-state index contributed by atoms with van der Waals surface area (Å²) in [5.74, 6) is 0. The number of rotatable bonds is 2. The number of hydrogen-bond acceptors (Lipinski definition) is 2. The van der Waals surface area contributed by atoms with Crippen LogP contribution >= 0.6 is 11.6 Å². The molecule has 0 saturated heterocycles. The van der Waals surface area contributed by atoms with E-state index in [0.717, 1.165) is 30.4 Å². The van der Waals surface area contributed by atoms with Gasteiger partial charge in [0.05, 0.1) is 5.56 Å². The van der Waals surface area contributed by atoms with Gasteiger partial charge >= 0.3 is 5.69 Å². The van der Waals surface area contributed by atoms with Crippen LogP contribution in [0.1, 0.15) is 31.7 Å². The predicted molar refractivity (Wildman–Crippen MR) is 84.0 cm³/mol. The lowest BCUT2D eigenvalue weighted by Gasteiger charge is -2.39. The van der Waals surface area contributed by atoms with Crippen molar-refractivity contribution in [1.29, 1.82) is 0 Å². The summed E-state index contributed by atoms with van der Waals surface area (Å²) in [6, 6.07) is 7.54. The van der Waals surface area contributed by atoms with Gasteiger partial charge in [0.2, 0.25) is 0 Å². The van der Waals surface area contributed by atoms with Gasteiger partial charge in [-0.1, -0.05) is 35.9 Å². The molecule has 4 nitrogen and oxygen atoms in total. The van der Waals surface area contributed by atoms with E-state index in [1.54, 1.807) is 0 Å². The van der Waals surface area contributed by atoms with Gasteiger partial charge in [0.15, 0.2) is 0 Å². The zero-order chi connectivity index (χ0) is 15.2. The van der Waals surface area contributed by atoms with Gasteiger partial charge in [-0.2, -0.15) is 0 Å². The van der Waals surface area contributed by atoms with Crippen LogP contribution in [0.5, 0.6) is 0 Å². The van der Waals surface area contributed by atoms with Crippen molar-refractivity contribution >= 4 is 11.6 Å². The van der Waals surface area contributed by atoms with Crippen LogP contribution in [0.25, 0.3) is 11.1 Å². The molecule has 1 aromatic carbocycles. The molecule has 1 heterocycles. The summed E-state index contributed by atoms with van der Waals surface area (Å²) in [4.78, 5) is 27.7. The molecule has 21 heavy (non-hydrogen) atoms. The first kappa shape index (κ1) is 14.1. The van der Waals surface area contributed by atoms with Gasteiger partial charge in [0.25, 0.3) is 5.56 Å². The lowest BCUT2D eigenvalue weighted by molar-refractivity contribution is 0.156. The maximum atomic E-state index is 12.9. The summed E-state index contributed by atoms with van der Waals surface area (Å²) in [6.07, 6.45) is 2.71. The van der Waals surface area contributed by atoms with E-state index in [1.807, 2.05) is 38.1 Å². The molecule has 0 bridgehead atoms. The minimum atomic E-state index is -0.426. The van der Waals surface area contributed by atoms with Gasteiger partial charge in [-0.3, -0.25) is 14.3 Å². The molecule has 0 spiro atoms. The summed E-state index contributed by atoms with van der Waals surface area (Å²) >= 11 is 6.16. The molecule has 1 fully saturated rings. The van der Waals surface area contributed by atoms with Crippen molar-refractivity contribution in [2.75, 3.05) is 0 Å². The Morgan fingerprint density at radius 3 is 2.48 bits per heavy atom. The second kappa shape index (κ2) is 4.88. The zero-order valence-electron chi connectivity index (χ0n) is 12.1. The van der Waals surface area contributed by atoms with E-state index in [1.165, 1.54) is 4.57 Å². The number of H-pyrrole nitrogens is 1. The molecule has 0 amide bonds. The second-order valence-corrected chi connectivity index (χ2v) is 6.30. The fraction of sp³-hybridized carbons (Fsp3) is 0.375. The smallest absolute Gasteiger partial charge is 0.297 e. The third-order valence-electron chi connectivity index (χ3n) is 4.44. The molecule has 110 valence electrons. The molecule has 1 N–H and O–H groups in total. The molecule has 0 unspecified atom stereocenters. The Morgan fingerprint density at radius 2 is 1.90 bits per heavy atom. The van der Waals surface area contributed by atoms with Crippen LogP contribution in [-0.2, 0) is 5.54 Å². The van der Waals surface area contributed by atoms with E-state index in [0.29, 0.717) is 5.56 Å². The Kier molecular flexibility index (Phi) is 3.29. The van der Waals surface area contributed by atoms with E-state index in [-0.39, 0.29) is 10.7 Å². The highest BCUT2D eigenvalue weighted by atomic mass is 35.5. The summed E-state index contributed by atoms with van der Waals surface area (Å²) in [7, 11) is 0. The minimum absolute atomic E-state index is 0.110. The number of benzene rings is 1. The summed E-state index contributed by atoms with van der Waals surface area (Å²) in [6.45, 7) is 3.87. The van der Waals surface area contributed by atoms with Crippen LogP contribution in [-0.4, -0.2) is 9.55 Å². The van der Waals surface area contributed by atoms with Crippen molar-refractivity contribution in [3.05, 3.63) is 55.8 Å². The molecule has 0 aliphatic heterocycles.